The van der Waals surface area contributed by atoms with Gasteiger partial charge < -0.3 is 16.0 Å². The number of carbonyl (C=O) groups excluding carboxylic acids is 1. The number of likely N-dealkylation sites (tertiary alicyclic amines) is 1. The van der Waals surface area contributed by atoms with Gasteiger partial charge in [0, 0.05) is 13.1 Å². The average molecular weight is 210 g/mol. The number of H-pyrrole nitrogens is 1. The minimum absolute atomic E-state index is 0.0795. The number of nitrogens with zero attached hydrogens (tertiary/aromatic N) is 3. The van der Waals surface area contributed by atoms with Gasteiger partial charge in [-0.15, -0.1) is 5.10 Å². The molecule has 1 fully saturated rings. The highest BCUT2D eigenvalue weighted by molar-refractivity contribution is 5.80. The van der Waals surface area contributed by atoms with Crippen molar-refractivity contribution < 1.29 is 4.79 Å². The molecule has 0 atom stereocenters. The van der Waals surface area contributed by atoms with Crippen LogP contribution in [0, 0.1) is 0 Å². The molecule has 1 amide bonds. The number of nitrogens with two attached hydrogens (primary N) is 1. The van der Waals surface area contributed by atoms with Crippen LogP contribution >= 0.6 is 0 Å². The van der Waals surface area contributed by atoms with Gasteiger partial charge in [0.15, 0.2) is 0 Å². The minimum atomic E-state index is 0.0795. The molecule has 1 aromatic heterocycles. The Hall–Kier alpha value is -1.79. The molecular formula is C8H14N6O. The highest BCUT2D eigenvalue weighted by Crippen LogP contribution is 2.07. The molecule has 1 saturated heterocycles. The monoisotopic (exact) mass is 210 g/mol. The third-order valence-corrected chi connectivity index (χ3v) is 2.36. The summed E-state index contributed by atoms with van der Waals surface area (Å²) in [4.78, 5) is 17.3. The lowest BCUT2D eigenvalue weighted by atomic mass is 10.4. The van der Waals surface area contributed by atoms with Crippen molar-refractivity contribution >= 4 is 17.8 Å². The molecular weight excluding hydrogens is 196 g/mol. The maximum atomic E-state index is 11.6. The molecule has 2 rings (SSSR count). The van der Waals surface area contributed by atoms with Gasteiger partial charge in [-0.2, -0.15) is 4.98 Å². The molecule has 0 spiro atoms. The zero-order valence-corrected chi connectivity index (χ0v) is 8.36. The molecule has 0 aliphatic carbocycles. The molecule has 1 aliphatic heterocycles. The summed E-state index contributed by atoms with van der Waals surface area (Å²) in [5.41, 5.74) is 5.34. The van der Waals surface area contributed by atoms with Gasteiger partial charge in [0.05, 0.1) is 6.54 Å². The fourth-order valence-corrected chi connectivity index (χ4v) is 1.59. The first-order valence-corrected chi connectivity index (χ1v) is 4.95. The lowest BCUT2D eigenvalue weighted by molar-refractivity contribution is -0.128. The third kappa shape index (κ3) is 2.36. The Morgan fingerprint density at radius 1 is 1.53 bits per heavy atom. The van der Waals surface area contributed by atoms with Crippen molar-refractivity contribution in [2.45, 2.75) is 12.8 Å². The van der Waals surface area contributed by atoms with Crippen LogP contribution in [0.25, 0.3) is 0 Å². The number of carbonyl (C=O) groups is 1. The largest absolute Gasteiger partial charge is 0.368 e. The summed E-state index contributed by atoms with van der Waals surface area (Å²) in [5.74, 6) is 0.682. The van der Waals surface area contributed by atoms with Crippen molar-refractivity contribution in [1.29, 1.82) is 0 Å². The molecule has 4 N–H and O–H groups in total. The van der Waals surface area contributed by atoms with Crippen molar-refractivity contribution in [3.8, 4) is 0 Å². The number of rotatable bonds is 3. The molecule has 2 heterocycles. The zero-order valence-electron chi connectivity index (χ0n) is 8.36. The van der Waals surface area contributed by atoms with Crippen LogP contribution in [0.3, 0.4) is 0 Å². The molecule has 82 valence electrons. The van der Waals surface area contributed by atoms with E-state index >= 15 is 0 Å². The third-order valence-electron chi connectivity index (χ3n) is 2.36. The van der Waals surface area contributed by atoms with Gasteiger partial charge in [-0.1, -0.05) is 0 Å². The molecule has 0 aromatic carbocycles. The van der Waals surface area contributed by atoms with Gasteiger partial charge in [0.1, 0.15) is 0 Å². The summed E-state index contributed by atoms with van der Waals surface area (Å²) < 4.78 is 0. The van der Waals surface area contributed by atoms with Crippen molar-refractivity contribution in [2.24, 2.45) is 0 Å². The van der Waals surface area contributed by atoms with Crippen LogP contribution < -0.4 is 11.1 Å². The van der Waals surface area contributed by atoms with Crippen LogP contribution in [-0.4, -0.2) is 45.6 Å². The first-order chi connectivity index (χ1) is 7.25. The van der Waals surface area contributed by atoms with Crippen LogP contribution in [0.15, 0.2) is 0 Å². The second-order valence-corrected chi connectivity index (χ2v) is 3.49. The summed E-state index contributed by atoms with van der Waals surface area (Å²) in [6.07, 6.45) is 2.19. The highest BCUT2D eigenvalue weighted by atomic mass is 16.2. The molecule has 0 unspecified atom stereocenters. The standard InChI is InChI=1S/C8H14N6O/c9-7-11-8(13-12-7)10-5-6(15)14-3-1-2-4-14/h1-5H2,(H4,9,10,11,12,13). The van der Waals surface area contributed by atoms with Crippen LogP contribution in [0.1, 0.15) is 12.8 Å². The number of anilines is 2. The van der Waals surface area contributed by atoms with E-state index in [1.165, 1.54) is 0 Å². The first-order valence-electron chi connectivity index (χ1n) is 4.95. The van der Waals surface area contributed by atoms with Crippen molar-refractivity contribution in [1.82, 2.24) is 20.1 Å². The molecule has 0 radical (unpaired) electrons. The maximum absolute atomic E-state index is 11.6. The van der Waals surface area contributed by atoms with Gasteiger partial charge in [0.25, 0.3) is 0 Å². The minimum Gasteiger partial charge on any atom is -0.368 e. The Morgan fingerprint density at radius 3 is 2.87 bits per heavy atom. The molecule has 7 heteroatoms. The van der Waals surface area contributed by atoms with Crippen LogP contribution in [-0.2, 0) is 4.79 Å². The fourth-order valence-electron chi connectivity index (χ4n) is 1.59. The summed E-state index contributed by atoms with van der Waals surface area (Å²) in [7, 11) is 0. The first kappa shape index (κ1) is 9.75. The van der Waals surface area contributed by atoms with Crippen LogP contribution in [0.2, 0.25) is 0 Å². The lowest BCUT2D eigenvalue weighted by Gasteiger charge is -2.14. The van der Waals surface area contributed by atoms with Gasteiger partial charge in [-0.25, -0.2) is 5.10 Å². The van der Waals surface area contributed by atoms with E-state index in [9.17, 15) is 4.79 Å². The SMILES string of the molecule is Nc1nc(NCC(=O)N2CCCC2)n[nH]1. The van der Waals surface area contributed by atoms with Gasteiger partial charge in [-0.05, 0) is 12.8 Å². The number of amides is 1. The average Bonchev–Trinajstić information content (AvgIpc) is 2.84. The van der Waals surface area contributed by atoms with E-state index in [0.29, 0.717) is 5.95 Å². The Balaban J connectivity index is 1.80. The van der Waals surface area contributed by atoms with E-state index in [1.807, 2.05) is 4.90 Å². The lowest BCUT2D eigenvalue weighted by Crippen LogP contribution is -2.33. The van der Waals surface area contributed by atoms with Gasteiger partial charge >= 0.3 is 0 Å². The van der Waals surface area contributed by atoms with Gasteiger partial charge in [0.2, 0.25) is 17.8 Å². The zero-order chi connectivity index (χ0) is 10.7. The maximum Gasteiger partial charge on any atom is 0.244 e. The van der Waals surface area contributed by atoms with E-state index in [0.717, 1.165) is 25.9 Å². The van der Waals surface area contributed by atoms with Crippen molar-refractivity contribution in [2.75, 3.05) is 30.7 Å². The fraction of sp³-hybridized carbons (Fsp3) is 0.625. The highest BCUT2D eigenvalue weighted by Gasteiger charge is 2.17. The summed E-state index contributed by atoms with van der Waals surface area (Å²) >= 11 is 0. The molecule has 0 saturated carbocycles. The molecule has 1 aromatic rings. The number of nitrogens with one attached hydrogen (secondary N) is 2. The summed E-state index contributed by atoms with van der Waals surface area (Å²) in [6.45, 7) is 1.94. The molecule has 0 bridgehead atoms. The Kier molecular flexibility index (Phi) is 2.70. The smallest absolute Gasteiger partial charge is 0.244 e. The predicted molar refractivity (Wildman–Crippen MR) is 55.1 cm³/mol. The molecule has 7 nitrogen and oxygen atoms in total. The Morgan fingerprint density at radius 2 is 2.27 bits per heavy atom. The predicted octanol–water partition coefficient (Wildman–Crippen LogP) is -0.579. The van der Waals surface area contributed by atoms with Crippen molar-refractivity contribution in [3.63, 3.8) is 0 Å². The normalized spacial score (nSPS) is 15.6. The van der Waals surface area contributed by atoms with E-state index < -0.39 is 0 Å². The number of aromatic amines is 1. The van der Waals surface area contributed by atoms with Crippen molar-refractivity contribution in [3.05, 3.63) is 0 Å². The van der Waals surface area contributed by atoms with E-state index in [-0.39, 0.29) is 18.4 Å². The number of hydrogen-bond acceptors (Lipinski definition) is 5. The summed E-state index contributed by atoms with van der Waals surface area (Å²) in [5, 5.41) is 9.08. The van der Waals surface area contributed by atoms with E-state index in [4.69, 9.17) is 5.73 Å². The number of hydrogen-bond donors (Lipinski definition) is 3. The topological polar surface area (TPSA) is 99.9 Å². The van der Waals surface area contributed by atoms with E-state index in [2.05, 4.69) is 20.5 Å². The summed E-state index contributed by atoms with van der Waals surface area (Å²) in [6, 6.07) is 0. The van der Waals surface area contributed by atoms with Crippen LogP contribution in [0.4, 0.5) is 11.9 Å². The van der Waals surface area contributed by atoms with E-state index in [1.54, 1.807) is 0 Å². The molecule has 1 aliphatic rings. The Labute approximate surface area is 87.0 Å². The quantitative estimate of drug-likeness (QED) is 0.620. The van der Waals surface area contributed by atoms with Crippen LogP contribution in [0.5, 0.6) is 0 Å². The second kappa shape index (κ2) is 4.16. The second-order valence-electron chi connectivity index (χ2n) is 3.49. The number of aromatic nitrogens is 3. The molecule has 15 heavy (non-hydrogen) atoms. The Bertz CT molecular complexity index is 343. The van der Waals surface area contributed by atoms with Gasteiger partial charge in [-0.3, -0.25) is 4.79 Å². The number of nitrogen functional groups attached to an aromatic ring is 1.